The van der Waals surface area contributed by atoms with Crippen molar-refractivity contribution in [1.29, 1.82) is 0 Å². The zero-order valence-corrected chi connectivity index (χ0v) is 15.2. The number of hydrogen-bond donors (Lipinski definition) is 1. The number of thiazole rings is 1. The number of hydrogen-bond acceptors (Lipinski definition) is 6. The maximum absolute atomic E-state index is 12.2. The maximum Gasteiger partial charge on any atom is 0.224 e. The van der Waals surface area contributed by atoms with Gasteiger partial charge < -0.3 is 15.0 Å². The van der Waals surface area contributed by atoms with Crippen LogP contribution in [-0.2, 0) is 22.4 Å². The summed E-state index contributed by atoms with van der Waals surface area (Å²) in [5.41, 5.74) is 3.28. The van der Waals surface area contributed by atoms with Gasteiger partial charge in [-0.1, -0.05) is 12.1 Å². The van der Waals surface area contributed by atoms with E-state index < -0.39 is 0 Å². The fraction of sp³-hybridized carbons (Fsp3) is 0.389. The minimum Gasteiger partial charge on any atom is -0.378 e. The van der Waals surface area contributed by atoms with E-state index in [1.165, 1.54) is 5.69 Å². The summed E-state index contributed by atoms with van der Waals surface area (Å²) in [6.45, 7) is 3.98. The van der Waals surface area contributed by atoms with Crippen LogP contribution in [0.3, 0.4) is 0 Å². The van der Waals surface area contributed by atoms with Gasteiger partial charge in [-0.2, -0.15) is 5.10 Å². The largest absolute Gasteiger partial charge is 0.378 e. The van der Waals surface area contributed by atoms with Crippen LogP contribution in [0.25, 0.3) is 4.96 Å². The zero-order valence-electron chi connectivity index (χ0n) is 14.4. The molecule has 0 aliphatic carbocycles. The first kappa shape index (κ1) is 17.0. The number of aromatic nitrogens is 3. The molecule has 1 aliphatic heterocycles. The van der Waals surface area contributed by atoms with Crippen LogP contribution in [-0.4, -0.2) is 53.4 Å². The summed E-state index contributed by atoms with van der Waals surface area (Å²) in [7, 11) is 0. The van der Waals surface area contributed by atoms with Crippen LogP contribution in [0.5, 0.6) is 0 Å². The highest BCUT2D eigenvalue weighted by Gasteiger charge is 2.11. The van der Waals surface area contributed by atoms with Crippen LogP contribution in [0, 0.1) is 0 Å². The molecular formula is C18H21N5O2S. The number of carbonyl (C=O) groups excluding carboxylic acids is 1. The molecule has 0 bridgehead atoms. The molecule has 3 heterocycles. The van der Waals surface area contributed by atoms with Crippen molar-refractivity contribution in [3.63, 3.8) is 0 Å². The monoisotopic (exact) mass is 371 g/mol. The third kappa shape index (κ3) is 3.86. The number of nitrogens with zero attached hydrogens (tertiary/aromatic N) is 4. The molecule has 2 aromatic heterocycles. The molecule has 136 valence electrons. The molecule has 1 amide bonds. The first-order chi connectivity index (χ1) is 12.8. The molecule has 1 N–H and O–H groups in total. The Balaban J connectivity index is 1.26. The second kappa shape index (κ2) is 7.84. The van der Waals surface area contributed by atoms with E-state index >= 15 is 0 Å². The Morgan fingerprint density at radius 2 is 2.04 bits per heavy atom. The van der Waals surface area contributed by atoms with E-state index in [0.29, 0.717) is 13.0 Å². The van der Waals surface area contributed by atoms with Crippen LogP contribution in [0.15, 0.2) is 36.0 Å². The number of nitrogens with one attached hydrogen (secondary N) is 1. The number of benzene rings is 1. The Kier molecular flexibility index (Phi) is 5.12. The van der Waals surface area contributed by atoms with E-state index in [1.807, 2.05) is 22.0 Å². The van der Waals surface area contributed by atoms with Gasteiger partial charge in [0.1, 0.15) is 6.33 Å². The van der Waals surface area contributed by atoms with Gasteiger partial charge in [-0.05, 0) is 17.7 Å². The molecule has 0 radical (unpaired) electrons. The highest BCUT2D eigenvalue weighted by atomic mass is 32.1. The highest BCUT2D eigenvalue weighted by Crippen LogP contribution is 2.17. The molecular weight excluding hydrogens is 350 g/mol. The Morgan fingerprint density at radius 1 is 1.23 bits per heavy atom. The van der Waals surface area contributed by atoms with Crippen molar-refractivity contribution in [1.82, 2.24) is 19.9 Å². The summed E-state index contributed by atoms with van der Waals surface area (Å²) in [4.78, 5) is 19.5. The molecule has 0 saturated carbocycles. The lowest BCUT2D eigenvalue weighted by Crippen LogP contribution is -2.36. The molecule has 0 spiro atoms. The summed E-state index contributed by atoms with van der Waals surface area (Å²) in [5.74, 6) is 0.0363. The van der Waals surface area contributed by atoms with Gasteiger partial charge >= 0.3 is 0 Å². The van der Waals surface area contributed by atoms with Crippen molar-refractivity contribution in [3.05, 3.63) is 47.2 Å². The molecule has 7 nitrogen and oxygen atoms in total. The summed E-state index contributed by atoms with van der Waals surface area (Å²) in [6.07, 6.45) is 2.69. The minimum atomic E-state index is 0.0363. The second-order valence-electron chi connectivity index (χ2n) is 6.22. The molecule has 1 saturated heterocycles. The SMILES string of the molecule is O=C(Cc1ccc(N2CCOCC2)cc1)NCCc1csc2ncnn12. The standard InChI is InChI=1S/C18H21N5O2S/c24-17(19-6-5-16-12-26-18-20-13-21-23(16)18)11-14-1-3-15(4-2-14)22-7-9-25-10-8-22/h1-4,12-13H,5-11H2,(H,19,24). The maximum atomic E-state index is 12.2. The van der Waals surface area contributed by atoms with Crippen LogP contribution in [0.2, 0.25) is 0 Å². The lowest BCUT2D eigenvalue weighted by atomic mass is 10.1. The quantitative estimate of drug-likeness (QED) is 0.711. The van der Waals surface area contributed by atoms with E-state index in [4.69, 9.17) is 4.74 Å². The highest BCUT2D eigenvalue weighted by molar-refractivity contribution is 7.15. The van der Waals surface area contributed by atoms with Gasteiger partial charge in [0, 0.05) is 37.1 Å². The molecule has 3 aromatic rings. The lowest BCUT2D eigenvalue weighted by Gasteiger charge is -2.28. The second-order valence-corrected chi connectivity index (χ2v) is 7.06. The van der Waals surface area contributed by atoms with Gasteiger partial charge in [0.25, 0.3) is 0 Å². The number of amides is 1. The van der Waals surface area contributed by atoms with Crippen molar-refractivity contribution in [2.24, 2.45) is 0 Å². The Labute approximate surface area is 155 Å². The molecule has 8 heteroatoms. The van der Waals surface area contributed by atoms with Crippen LogP contribution < -0.4 is 10.2 Å². The smallest absolute Gasteiger partial charge is 0.224 e. The molecule has 26 heavy (non-hydrogen) atoms. The van der Waals surface area contributed by atoms with Crippen molar-refractivity contribution in [3.8, 4) is 0 Å². The number of fused-ring (bicyclic) bond motifs is 1. The van der Waals surface area contributed by atoms with Crippen molar-refractivity contribution < 1.29 is 9.53 Å². The fourth-order valence-electron chi connectivity index (χ4n) is 3.07. The molecule has 0 unspecified atom stereocenters. The third-order valence-corrected chi connectivity index (χ3v) is 5.35. The van der Waals surface area contributed by atoms with Crippen LogP contribution in [0.4, 0.5) is 5.69 Å². The van der Waals surface area contributed by atoms with Crippen molar-refractivity contribution in [2.75, 3.05) is 37.7 Å². The number of rotatable bonds is 6. The van der Waals surface area contributed by atoms with Gasteiger partial charge in [-0.25, -0.2) is 9.50 Å². The predicted octanol–water partition coefficient (Wildman–Crippen LogP) is 1.53. The van der Waals surface area contributed by atoms with Crippen molar-refractivity contribution in [2.45, 2.75) is 12.8 Å². The van der Waals surface area contributed by atoms with Crippen LogP contribution in [0.1, 0.15) is 11.3 Å². The fourth-order valence-corrected chi connectivity index (χ4v) is 3.90. The van der Waals surface area contributed by atoms with Gasteiger partial charge in [0.15, 0.2) is 0 Å². The van der Waals surface area contributed by atoms with Crippen molar-refractivity contribution >= 4 is 27.9 Å². The zero-order chi connectivity index (χ0) is 17.8. The molecule has 1 aromatic carbocycles. The van der Waals surface area contributed by atoms with Crippen LogP contribution >= 0.6 is 11.3 Å². The van der Waals surface area contributed by atoms with E-state index in [-0.39, 0.29) is 5.91 Å². The number of carbonyl (C=O) groups is 1. The number of morpholine rings is 1. The van der Waals surface area contributed by atoms with Gasteiger partial charge in [-0.15, -0.1) is 11.3 Å². The molecule has 4 rings (SSSR count). The van der Waals surface area contributed by atoms with E-state index in [2.05, 4.69) is 32.4 Å². The molecule has 1 fully saturated rings. The van der Waals surface area contributed by atoms with E-state index in [9.17, 15) is 4.79 Å². The predicted molar refractivity (Wildman–Crippen MR) is 101 cm³/mol. The molecule has 0 atom stereocenters. The van der Waals surface area contributed by atoms with E-state index in [0.717, 1.165) is 48.9 Å². The van der Waals surface area contributed by atoms with Gasteiger partial charge in [0.05, 0.1) is 25.3 Å². The van der Waals surface area contributed by atoms with Gasteiger partial charge in [-0.3, -0.25) is 4.79 Å². The summed E-state index contributed by atoms with van der Waals surface area (Å²) in [5, 5.41) is 9.20. The first-order valence-corrected chi connectivity index (χ1v) is 9.62. The number of ether oxygens (including phenoxy) is 1. The summed E-state index contributed by atoms with van der Waals surface area (Å²) in [6, 6.07) is 8.23. The first-order valence-electron chi connectivity index (χ1n) is 8.74. The normalized spacial score (nSPS) is 14.7. The average Bonchev–Trinajstić information content (AvgIpc) is 3.28. The Hall–Kier alpha value is -2.45. The third-order valence-electron chi connectivity index (χ3n) is 4.47. The molecule has 1 aliphatic rings. The minimum absolute atomic E-state index is 0.0363. The summed E-state index contributed by atoms with van der Waals surface area (Å²) >= 11 is 1.56. The number of anilines is 1. The van der Waals surface area contributed by atoms with E-state index in [1.54, 1.807) is 17.7 Å². The Bertz CT molecular complexity index is 867. The summed E-state index contributed by atoms with van der Waals surface area (Å²) < 4.78 is 7.20. The van der Waals surface area contributed by atoms with Gasteiger partial charge in [0.2, 0.25) is 10.9 Å². The lowest BCUT2D eigenvalue weighted by molar-refractivity contribution is -0.120. The Morgan fingerprint density at radius 3 is 2.85 bits per heavy atom. The topological polar surface area (TPSA) is 71.8 Å². The average molecular weight is 371 g/mol.